The lowest BCUT2D eigenvalue weighted by Gasteiger charge is -2.32. The normalized spacial score (nSPS) is 21.9. The van der Waals surface area contributed by atoms with E-state index < -0.39 is 11.2 Å². The molecular formula is C20H23FN4O3S. The van der Waals surface area contributed by atoms with Crippen molar-refractivity contribution in [2.45, 2.75) is 38.8 Å². The lowest BCUT2D eigenvalue weighted by atomic mass is 9.88. The van der Waals surface area contributed by atoms with Crippen molar-refractivity contribution in [1.29, 1.82) is 0 Å². The molecule has 0 radical (unpaired) electrons. The number of hydrogen-bond donors (Lipinski definition) is 2. The minimum Gasteiger partial charge on any atom is -0.492 e. The van der Waals surface area contributed by atoms with Crippen molar-refractivity contribution in [1.82, 2.24) is 8.94 Å². The molecule has 154 valence electrons. The Hall–Kier alpha value is -2.39. The number of aromatic nitrogens is 2. The number of anilines is 1. The fourth-order valence-electron chi connectivity index (χ4n) is 4.59. The molecule has 1 aromatic carbocycles. The standard InChI is InChI=1S/C20H23FN4O3S/c1-9-8-28-17-14-11(16(26)13-18(27)23-29-19(13)25(9)14)6-12(21)15(17)24-5-4-10(7-24)20(2,3)22/h6,9-10H,4-5,7-8,22H2,1-3H3,(H,23,27)/t9-,10+/m0/s1. The number of aromatic hydroxyl groups is 1. The van der Waals surface area contributed by atoms with E-state index in [4.69, 9.17) is 10.5 Å². The number of fused-ring (bicyclic) bond motifs is 2. The number of nitrogens with two attached hydrogens (primary N) is 1. The predicted octanol–water partition coefficient (Wildman–Crippen LogP) is 2.97. The van der Waals surface area contributed by atoms with Gasteiger partial charge < -0.3 is 25.0 Å². The molecule has 0 saturated carbocycles. The maximum atomic E-state index is 15.3. The number of hydrogen-bond acceptors (Lipinski definition) is 7. The SMILES string of the molecule is C[C@H]1COc2c(N3CC[C@@H](C(C)(C)N)C3)c(F)cc3c(=O)c4c(O)nsc4n1c23. The lowest BCUT2D eigenvalue weighted by Crippen LogP contribution is -2.42. The van der Waals surface area contributed by atoms with Gasteiger partial charge in [0.05, 0.1) is 16.9 Å². The molecule has 2 aliphatic heterocycles. The van der Waals surface area contributed by atoms with Gasteiger partial charge in [0, 0.05) is 18.6 Å². The molecule has 3 N–H and O–H groups in total. The third kappa shape index (κ3) is 2.56. The number of benzene rings is 1. The molecule has 5 rings (SSSR count). The molecule has 0 spiro atoms. The van der Waals surface area contributed by atoms with Crippen LogP contribution in [0.2, 0.25) is 0 Å². The Labute approximate surface area is 170 Å². The first kappa shape index (κ1) is 18.6. The van der Waals surface area contributed by atoms with Crippen LogP contribution in [0.3, 0.4) is 0 Å². The molecule has 1 fully saturated rings. The van der Waals surface area contributed by atoms with Crippen LogP contribution in [-0.4, -0.2) is 39.3 Å². The second-order valence-electron chi connectivity index (χ2n) is 8.73. The molecule has 29 heavy (non-hydrogen) atoms. The molecule has 9 heteroatoms. The van der Waals surface area contributed by atoms with E-state index in [2.05, 4.69) is 4.37 Å². The predicted molar refractivity (Wildman–Crippen MR) is 112 cm³/mol. The third-order valence-electron chi connectivity index (χ3n) is 6.24. The van der Waals surface area contributed by atoms with Gasteiger partial charge in [0.25, 0.3) is 0 Å². The fourth-order valence-corrected chi connectivity index (χ4v) is 5.49. The Morgan fingerprint density at radius 2 is 2.21 bits per heavy atom. The van der Waals surface area contributed by atoms with Crippen LogP contribution in [0.1, 0.15) is 33.2 Å². The van der Waals surface area contributed by atoms with Crippen LogP contribution in [0, 0.1) is 11.7 Å². The molecule has 0 aliphatic carbocycles. The van der Waals surface area contributed by atoms with Crippen molar-refractivity contribution in [3.8, 4) is 11.6 Å². The fraction of sp³-hybridized carbons (Fsp3) is 0.500. The largest absolute Gasteiger partial charge is 0.492 e. The summed E-state index contributed by atoms with van der Waals surface area (Å²) in [6.07, 6.45) is 0.866. The van der Waals surface area contributed by atoms with E-state index in [1.807, 2.05) is 30.2 Å². The maximum absolute atomic E-state index is 15.3. The van der Waals surface area contributed by atoms with Gasteiger partial charge in [-0.2, -0.15) is 4.37 Å². The first-order valence-corrected chi connectivity index (χ1v) is 10.5. The van der Waals surface area contributed by atoms with Gasteiger partial charge in [-0.25, -0.2) is 4.39 Å². The molecule has 0 bridgehead atoms. The Morgan fingerprint density at radius 3 is 2.90 bits per heavy atom. The van der Waals surface area contributed by atoms with Crippen molar-refractivity contribution in [3.05, 3.63) is 22.1 Å². The zero-order chi connectivity index (χ0) is 20.7. The highest BCUT2D eigenvalue weighted by Gasteiger charge is 2.37. The van der Waals surface area contributed by atoms with E-state index in [1.54, 1.807) is 0 Å². The van der Waals surface area contributed by atoms with Crippen LogP contribution >= 0.6 is 11.5 Å². The number of halogens is 1. The van der Waals surface area contributed by atoms with Crippen molar-refractivity contribution in [2.24, 2.45) is 11.7 Å². The maximum Gasteiger partial charge on any atom is 0.236 e. The molecule has 4 heterocycles. The Kier molecular flexibility index (Phi) is 3.89. The molecular weight excluding hydrogens is 395 g/mol. The lowest BCUT2D eigenvalue weighted by molar-refractivity contribution is 0.250. The molecule has 7 nitrogen and oxygen atoms in total. The number of nitrogens with zero attached hydrogens (tertiary/aromatic N) is 3. The summed E-state index contributed by atoms with van der Waals surface area (Å²) in [6, 6.07) is 1.19. The van der Waals surface area contributed by atoms with E-state index in [0.717, 1.165) is 18.0 Å². The summed E-state index contributed by atoms with van der Waals surface area (Å²) in [5.41, 5.74) is 6.46. The number of ether oxygens (including phenoxy) is 1. The van der Waals surface area contributed by atoms with Gasteiger partial charge in [-0.3, -0.25) is 4.79 Å². The summed E-state index contributed by atoms with van der Waals surface area (Å²) < 4.78 is 27.2. The van der Waals surface area contributed by atoms with E-state index in [0.29, 0.717) is 41.5 Å². The van der Waals surface area contributed by atoms with Crippen LogP contribution in [0.15, 0.2) is 10.9 Å². The second-order valence-corrected chi connectivity index (χ2v) is 9.48. The zero-order valence-electron chi connectivity index (χ0n) is 16.5. The second kappa shape index (κ2) is 6.06. The van der Waals surface area contributed by atoms with Crippen LogP contribution in [0.5, 0.6) is 11.6 Å². The first-order chi connectivity index (χ1) is 13.7. The smallest absolute Gasteiger partial charge is 0.236 e. The summed E-state index contributed by atoms with van der Waals surface area (Å²) in [5, 5.41) is 10.4. The van der Waals surface area contributed by atoms with Gasteiger partial charge in [0.15, 0.2) is 11.6 Å². The molecule has 2 aliphatic rings. The Balaban J connectivity index is 1.80. The summed E-state index contributed by atoms with van der Waals surface area (Å²) in [5.74, 6) is -0.183. The van der Waals surface area contributed by atoms with Crippen LogP contribution < -0.4 is 20.8 Å². The molecule has 1 saturated heterocycles. The van der Waals surface area contributed by atoms with Gasteiger partial charge in [-0.1, -0.05) is 0 Å². The summed E-state index contributed by atoms with van der Waals surface area (Å²) in [7, 11) is 0. The molecule has 0 amide bonds. The van der Waals surface area contributed by atoms with Crippen LogP contribution in [0.4, 0.5) is 10.1 Å². The monoisotopic (exact) mass is 418 g/mol. The quantitative estimate of drug-likeness (QED) is 0.665. The number of rotatable bonds is 2. The minimum absolute atomic E-state index is 0.0828. The van der Waals surface area contributed by atoms with Crippen molar-refractivity contribution in [2.75, 3.05) is 24.6 Å². The van der Waals surface area contributed by atoms with E-state index >= 15 is 4.39 Å². The first-order valence-electron chi connectivity index (χ1n) is 9.74. The molecule has 3 aromatic rings. The van der Waals surface area contributed by atoms with E-state index in [9.17, 15) is 9.90 Å². The summed E-state index contributed by atoms with van der Waals surface area (Å²) >= 11 is 1.07. The molecule has 2 atom stereocenters. The highest BCUT2D eigenvalue weighted by molar-refractivity contribution is 7.13. The highest BCUT2D eigenvalue weighted by Crippen LogP contribution is 2.45. The molecule has 0 unspecified atom stereocenters. The van der Waals surface area contributed by atoms with Crippen molar-refractivity contribution >= 4 is 38.3 Å². The summed E-state index contributed by atoms with van der Waals surface area (Å²) in [4.78, 5) is 15.6. The third-order valence-corrected chi connectivity index (χ3v) is 7.07. The summed E-state index contributed by atoms with van der Waals surface area (Å²) in [6.45, 7) is 7.60. The molecule has 2 aromatic heterocycles. The van der Waals surface area contributed by atoms with E-state index in [-0.39, 0.29) is 34.2 Å². The topological polar surface area (TPSA) is 93.6 Å². The van der Waals surface area contributed by atoms with Gasteiger partial charge in [-0.15, -0.1) is 0 Å². The van der Waals surface area contributed by atoms with Crippen LogP contribution in [0.25, 0.3) is 21.1 Å². The van der Waals surface area contributed by atoms with Crippen molar-refractivity contribution < 1.29 is 14.2 Å². The van der Waals surface area contributed by atoms with Crippen LogP contribution in [-0.2, 0) is 0 Å². The Morgan fingerprint density at radius 1 is 1.45 bits per heavy atom. The van der Waals surface area contributed by atoms with Crippen molar-refractivity contribution in [3.63, 3.8) is 0 Å². The van der Waals surface area contributed by atoms with Gasteiger partial charge >= 0.3 is 0 Å². The average Bonchev–Trinajstić information content (AvgIpc) is 3.27. The zero-order valence-corrected chi connectivity index (χ0v) is 17.3. The highest BCUT2D eigenvalue weighted by atomic mass is 32.1. The van der Waals surface area contributed by atoms with Gasteiger partial charge in [0.1, 0.15) is 22.5 Å². The Bertz CT molecular complexity index is 1210. The van der Waals surface area contributed by atoms with Gasteiger partial charge in [-0.05, 0) is 50.7 Å². The average molecular weight is 418 g/mol. The van der Waals surface area contributed by atoms with Gasteiger partial charge in [0.2, 0.25) is 11.3 Å². The number of pyridine rings is 1. The van der Waals surface area contributed by atoms with E-state index in [1.165, 1.54) is 6.07 Å². The minimum atomic E-state index is -0.497.